The van der Waals surface area contributed by atoms with Crippen molar-refractivity contribution >= 4 is 20.6 Å². The number of methoxy groups -OCH3 is 1. The van der Waals surface area contributed by atoms with Crippen LogP contribution in [-0.2, 0) is 4.74 Å². The van der Waals surface area contributed by atoms with E-state index in [1.54, 1.807) is 12.1 Å². The van der Waals surface area contributed by atoms with E-state index in [1.807, 2.05) is 0 Å². The first-order valence-electron chi connectivity index (χ1n) is 6.48. The first-order valence-corrected chi connectivity index (χ1v) is 9.39. The summed E-state index contributed by atoms with van der Waals surface area (Å²) in [5, 5.41) is 0.0373. The maximum atomic E-state index is 11.6. The molecule has 0 fully saturated rings. The molecule has 1 aromatic rings. The van der Waals surface area contributed by atoms with Gasteiger partial charge >= 0.3 is 5.97 Å². The zero-order chi connectivity index (χ0) is 15.6. The zero-order valence-corrected chi connectivity index (χ0v) is 13.9. The van der Waals surface area contributed by atoms with Crippen LogP contribution in [0, 0.1) is 0 Å². The van der Waals surface area contributed by atoms with Crippen LogP contribution in [0.2, 0.25) is 18.1 Å². The number of esters is 1. The van der Waals surface area contributed by atoms with Gasteiger partial charge in [-0.2, -0.15) is 0 Å². The highest BCUT2D eigenvalue weighted by Gasteiger charge is 2.39. The normalized spacial score (nSPS) is 11.9. The van der Waals surface area contributed by atoms with Gasteiger partial charge in [-0.1, -0.05) is 20.8 Å². The summed E-state index contributed by atoms with van der Waals surface area (Å²) in [7, 11) is -0.708. The molecule has 0 amide bonds. The lowest BCUT2D eigenvalue weighted by atomic mass is 10.1. The topological polar surface area (TPSA) is 52.6 Å². The second-order valence-electron chi connectivity index (χ2n) is 6.26. The Morgan fingerprint density at radius 1 is 1.20 bits per heavy atom. The number of carbonyl (C=O) groups is 2. The summed E-state index contributed by atoms with van der Waals surface area (Å²) in [6.45, 7) is 10.6. The van der Waals surface area contributed by atoms with Gasteiger partial charge in [-0.05, 0) is 36.3 Å². The minimum absolute atomic E-state index is 0.0373. The van der Waals surface area contributed by atoms with Crippen molar-refractivity contribution < 1.29 is 18.8 Å². The fourth-order valence-electron chi connectivity index (χ4n) is 1.43. The van der Waals surface area contributed by atoms with E-state index in [9.17, 15) is 9.59 Å². The van der Waals surface area contributed by atoms with Crippen LogP contribution < -0.4 is 4.43 Å². The quantitative estimate of drug-likeness (QED) is 0.483. The van der Waals surface area contributed by atoms with Gasteiger partial charge in [0, 0.05) is 5.56 Å². The number of benzene rings is 1. The molecule has 5 heteroatoms. The number of hydrogen-bond acceptors (Lipinski definition) is 4. The minimum Gasteiger partial charge on any atom is -0.543 e. The summed E-state index contributed by atoms with van der Waals surface area (Å²) in [6, 6.07) is 4.77. The summed E-state index contributed by atoms with van der Waals surface area (Å²) in [4.78, 5) is 22.6. The highest BCUT2D eigenvalue weighted by atomic mass is 28.4. The summed E-state index contributed by atoms with van der Waals surface area (Å²) < 4.78 is 10.8. The van der Waals surface area contributed by atoms with Crippen molar-refractivity contribution in [2.45, 2.75) is 38.9 Å². The van der Waals surface area contributed by atoms with Crippen molar-refractivity contribution in [3.63, 3.8) is 0 Å². The molecule has 20 heavy (non-hydrogen) atoms. The van der Waals surface area contributed by atoms with E-state index in [4.69, 9.17) is 4.43 Å². The lowest BCUT2D eigenvalue weighted by Crippen LogP contribution is -2.43. The Kier molecular flexibility index (Phi) is 4.75. The molecule has 0 aliphatic rings. The van der Waals surface area contributed by atoms with E-state index in [-0.39, 0.29) is 5.04 Å². The van der Waals surface area contributed by atoms with Crippen molar-refractivity contribution in [1.82, 2.24) is 0 Å². The number of hydrogen-bond donors (Lipinski definition) is 0. The maximum Gasteiger partial charge on any atom is 0.338 e. The molecule has 110 valence electrons. The number of carbonyl (C=O) groups excluding carboxylic acids is 2. The SMILES string of the molecule is COC(=O)c1cc(C=O)cc(O[Si](C)(C)C(C)(C)C)c1. The average molecular weight is 294 g/mol. The highest BCUT2D eigenvalue weighted by molar-refractivity contribution is 6.74. The molecule has 0 atom stereocenters. The van der Waals surface area contributed by atoms with E-state index in [1.165, 1.54) is 13.2 Å². The number of aldehydes is 1. The Balaban J connectivity index is 3.19. The second kappa shape index (κ2) is 5.79. The van der Waals surface area contributed by atoms with Crippen molar-refractivity contribution in [1.29, 1.82) is 0 Å². The molecule has 0 N–H and O–H groups in total. The van der Waals surface area contributed by atoms with Crippen molar-refractivity contribution in [2.24, 2.45) is 0 Å². The van der Waals surface area contributed by atoms with Crippen LogP contribution in [0.3, 0.4) is 0 Å². The van der Waals surface area contributed by atoms with Crippen LogP contribution >= 0.6 is 0 Å². The molecule has 0 saturated carbocycles. The first-order chi connectivity index (χ1) is 9.10. The summed E-state index contributed by atoms with van der Waals surface area (Å²) in [6.07, 6.45) is 0.699. The number of ether oxygens (including phenoxy) is 1. The van der Waals surface area contributed by atoms with Gasteiger partial charge in [-0.3, -0.25) is 4.79 Å². The molecule has 0 aliphatic carbocycles. The van der Waals surface area contributed by atoms with Crippen molar-refractivity contribution in [3.8, 4) is 5.75 Å². The van der Waals surface area contributed by atoms with Gasteiger partial charge in [-0.15, -0.1) is 0 Å². The third-order valence-electron chi connectivity index (χ3n) is 3.67. The Morgan fingerprint density at radius 3 is 2.25 bits per heavy atom. The molecule has 0 aromatic heterocycles. The first kappa shape index (κ1) is 16.4. The van der Waals surface area contributed by atoms with Gasteiger partial charge in [0.2, 0.25) is 8.32 Å². The summed E-state index contributed by atoms with van der Waals surface area (Å²) >= 11 is 0. The van der Waals surface area contributed by atoms with Gasteiger partial charge in [0.15, 0.2) is 0 Å². The second-order valence-corrected chi connectivity index (χ2v) is 11.0. The van der Waals surface area contributed by atoms with E-state index in [2.05, 4.69) is 38.6 Å². The molecule has 1 rings (SSSR count). The Labute approximate surface area is 121 Å². The Bertz CT molecular complexity index is 515. The van der Waals surface area contributed by atoms with Crippen LogP contribution in [-0.4, -0.2) is 27.7 Å². The number of rotatable bonds is 4. The minimum atomic E-state index is -2.02. The van der Waals surface area contributed by atoms with Crippen molar-refractivity contribution in [3.05, 3.63) is 29.3 Å². The van der Waals surface area contributed by atoms with Gasteiger partial charge in [-0.25, -0.2) is 4.79 Å². The van der Waals surface area contributed by atoms with E-state index < -0.39 is 14.3 Å². The summed E-state index contributed by atoms with van der Waals surface area (Å²) in [5.74, 6) is 0.0652. The van der Waals surface area contributed by atoms with Crippen LogP contribution in [0.5, 0.6) is 5.75 Å². The molecule has 0 spiro atoms. The smallest absolute Gasteiger partial charge is 0.338 e. The Hall–Kier alpha value is -1.62. The van der Waals surface area contributed by atoms with E-state index in [0.29, 0.717) is 23.2 Å². The average Bonchev–Trinajstić information content (AvgIpc) is 2.35. The standard InChI is InChI=1S/C15H22O4Si/c1-15(2,3)20(5,6)19-13-8-11(10-16)7-12(9-13)14(17)18-4/h7-10H,1-6H3. The van der Waals surface area contributed by atoms with Gasteiger partial charge in [0.1, 0.15) is 12.0 Å². The molecule has 0 unspecified atom stereocenters. The van der Waals surface area contributed by atoms with Crippen LogP contribution in [0.4, 0.5) is 0 Å². The van der Waals surface area contributed by atoms with Gasteiger partial charge < -0.3 is 9.16 Å². The fraction of sp³-hybridized carbons (Fsp3) is 0.467. The lowest BCUT2D eigenvalue weighted by molar-refractivity contribution is 0.0600. The predicted molar refractivity (Wildman–Crippen MR) is 81.0 cm³/mol. The maximum absolute atomic E-state index is 11.6. The molecular formula is C15H22O4Si. The molecule has 4 nitrogen and oxygen atoms in total. The molecule has 1 aromatic carbocycles. The van der Waals surface area contributed by atoms with Crippen LogP contribution in [0.25, 0.3) is 0 Å². The Morgan fingerprint density at radius 2 is 1.80 bits per heavy atom. The third kappa shape index (κ3) is 3.69. The van der Waals surface area contributed by atoms with Crippen LogP contribution in [0.15, 0.2) is 18.2 Å². The lowest BCUT2D eigenvalue weighted by Gasteiger charge is -2.36. The van der Waals surface area contributed by atoms with Gasteiger partial charge in [0.05, 0.1) is 12.7 Å². The predicted octanol–water partition coefficient (Wildman–Crippen LogP) is 3.67. The molecule has 0 heterocycles. The van der Waals surface area contributed by atoms with Crippen LogP contribution in [0.1, 0.15) is 41.5 Å². The monoisotopic (exact) mass is 294 g/mol. The van der Waals surface area contributed by atoms with Crippen molar-refractivity contribution in [2.75, 3.05) is 7.11 Å². The molecule has 0 radical (unpaired) electrons. The third-order valence-corrected chi connectivity index (χ3v) is 8.02. The van der Waals surface area contributed by atoms with Gasteiger partial charge in [0.25, 0.3) is 0 Å². The fourth-order valence-corrected chi connectivity index (χ4v) is 2.45. The largest absolute Gasteiger partial charge is 0.543 e. The summed E-state index contributed by atoms with van der Waals surface area (Å²) in [5.41, 5.74) is 0.729. The highest BCUT2D eigenvalue weighted by Crippen LogP contribution is 2.37. The molecule has 0 saturated heterocycles. The molecule has 0 aliphatic heterocycles. The molecule has 0 bridgehead atoms. The zero-order valence-electron chi connectivity index (χ0n) is 12.9. The molecular weight excluding hydrogens is 272 g/mol. The van der Waals surface area contributed by atoms with E-state index >= 15 is 0 Å². The van der Waals surface area contributed by atoms with E-state index in [0.717, 1.165) is 0 Å².